The minimum absolute atomic E-state index is 0.435. The van der Waals surface area contributed by atoms with Crippen LogP contribution in [-0.4, -0.2) is 24.1 Å². The number of para-hydroxylation sites is 3. The molecule has 242 valence electrons. The number of fused-ring (bicyclic) bond motifs is 7. The maximum atomic E-state index is 5.29. The van der Waals surface area contributed by atoms with Crippen molar-refractivity contribution in [3.63, 3.8) is 0 Å². The van der Waals surface area contributed by atoms with E-state index in [9.17, 15) is 0 Å². The van der Waals surface area contributed by atoms with Crippen molar-refractivity contribution >= 4 is 43.6 Å². The molecule has 9 aromatic rings. The van der Waals surface area contributed by atoms with Crippen molar-refractivity contribution in [2.45, 2.75) is 39.5 Å². The van der Waals surface area contributed by atoms with Gasteiger partial charge in [-0.1, -0.05) is 143 Å². The molecule has 5 nitrogen and oxygen atoms in total. The van der Waals surface area contributed by atoms with E-state index in [4.69, 9.17) is 15.0 Å². The van der Waals surface area contributed by atoms with Crippen LogP contribution in [0.3, 0.4) is 0 Å². The summed E-state index contributed by atoms with van der Waals surface area (Å²) in [4.78, 5) is 15.7. The molecule has 0 unspecified atom stereocenters. The molecule has 0 aliphatic heterocycles. The zero-order chi connectivity index (χ0) is 33.9. The van der Waals surface area contributed by atoms with Gasteiger partial charge in [-0.15, -0.1) is 0 Å². The van der Waals surface area contributed by atoms with Gasteiger partial charge in [0.05, 0.1) is 22.1 Å². The van der Waals surface area contributed by atoms with Gasteiger partial charge in [0.15, 0.2) is 11.6 Å². The second-order valence-corrected chi connectivity index (χ2v) is 13.7. The summed E-state index contributed by atoms with van der Waals surface area (Å²) in [6.07, 6.45) is 0. The van der Waals surface area contributed by atoms with E-state index in [1.165, 1.54) is 21.9 Å². The third-order valence-corrected chi connectivity index (χ3v) is 9.98. The molecule has 9 rings (SSSR count). The van der Waals surface area contributed by atoms with Crippen molar-refractivity contribution in [1.82, 2.24) is 24.1 Å². The standard InChI is InChI=1S/C45H37N5/c1-28(2)30-18-22-32(23-19-30)43-46-44(33-24-20-31(21-25-33)29(3)4)48-45(47-43)50-40-17-11-9-15-36(40)38-27-26-37-35-14-8-10-16-39(35)49(41(37)42(38)50)34-12-6-5-7-13-34/h5-29H,1-4H3. The number of rotatable bonds is 6. The fraction of sp³-hybridized carbons (Fsp3) is 0.133. The number of hydrogen-bond donors (Lipinski definition) is 0. The predicted molar refractivity (Wildman–Crippen MR) is 208 cm³/mol. The fourth-order valence-corrected chi connectivity index (χ4v) is 7.31. The molecule has 6 aromatic carbocycles. The molecule has 3 heterocycles. The lowest BCUT2D eigenvalue weighted by molar-refractivity contribution is 0.866. The van der Waals surface area contributed by atoms with E-state index in [0.29, 0.717) is 29.4 Å². The predicted octanol–water partition coefficient (Wildman–Crippen LogP) is 11.6. The van der Waals surface area contributed by atoms with Crippen LogP contribution in [0.25, 0.3) is 78.0 Å². The molecule has 0 radical (unpaired) electrons. The van der Waals surface area contributed by atoms with Crippen molar-refractivity contribution in [1.29, 1.82) is 0 Å². The molecular weight excluding hydrogens is 611 g/mol. The maximum Gasteiger partial charge on any atom is 0.238 e. The lowest BCUT2D eigenvalue weighted by Gasteiger charge is -2.14. The number of aromatic nitrogens is 5. The zero-order valence-electron chi connectivity index (χ0n) is 28.7. The van der Waals surface area contributed by atoms with Crippen LogP contribution in [-0.2, 0) is 0 Å². The van der Waals surface area contributed by atoms with Gasteiger partial charge >= 0.3 is 0 Å². The van der Waals surface area contributed by atoms with Gasteiger partial charge in [-0.25, -0.2) is 4.98 Å². The maximum absolute atomic E-state index is 5.29. The van der Waals surface area contributed by atoms with Gasteiger partial charge < -0.3 is 4.57 Å². The summed E-state index contributed by atoms with van der Waals surface area (Å²) in [6, 6.07) is 49.7. The first kappa shape index (κ1) is 30.0. The highest BCUT2D eigenvalue weighted by Crippen LogP contribution is 2.41. The fourth-order valence-electron chi connectivity index (χ4n) is 7.31. The minimum Gasteiger partial charge on any atom is -0.307 e. The molecule has 0 spiro atoms. The molecule has 0 aliphatic carbocycles. The van der Waals surface area contributed by atoms with E-state index >= 15 is 0 Å². The number of benzene rings is 6. The number of hydrogen-bond acceptors (Lipinski definition) is 3. The molecule has 0 bridgehead atoms. The van der Waals surface area contributed by atoms with E-state index in [-0.39, 0.29) is 0 Å². The average Bonchev–Trinajstić information content (AvgIpc) is 3.68. The summed E-state index contributed by atoms with van der Waals surface area (Å²) in [7, 11) is 0. The van der Waals surface area contributed by atoms with Gasteiger partial charge in [-0.05, 0) is 47.2 Å². The van der Waals surface area contributed by atoms with Crippen molar-refractivity contribution in [3.05, 3.63) is 151 Å². The third kappa shape index (κ3) is 4.80. The van der Waals surface area contributed by atoms with Gasteiger partial charge in [0.2, 0.25) is 5.95 Å². The Morgan fingerprint density at radius 1 is 0.400 bits per heavy atom. The first-order chi connectivity index (χ1) is 24.5. The van der Waals surface area contributed by atoms with E-state index < -0.39 is 0 Å². The quantitative estimate of drug-likeness (QED) is 0.180. The second kappa shape index (κ2) is 11.8. The summed E-state index contributed by atoms with van der Waals surface area (Å²) in [6.45, 7) is 8.86. The first-order valence-electron chi connectivity index (χ1n) is 17.4. The molecule has 0 amide bonds. The Bertz CT molecular complexity index is 2610. The summed E-state index contributed by atoms with van der Waals surface area (Å²) >= 11 is 0. The Morgan fingerprint density at radius 3 is 1.34 bits per heavy atom. The summed E-state index contributed by atoms with van der Waals surface area (Å²) in [5.74, 6) is 2.76. The van der Waals surface area contributed by atoms with Gasteiger partial charge in [0.1, 0.15) is 0 Å². The topological polar surface area (TPSA) is 48.5 Å². The molecule has 3 aromatic heterocycles. The highest BCUT2D eigenvalue weighted by atomic mass is 15.2. The van der Waals surface area contributed by atoms with Crippen molar-refractivity contribution in [2.24, 2.45) is 0 Å². The SMILES string of the molecule is CC(C)c1ccc(-c2nc(-c3ccc(C(C)C)cc3)nc(-n3c4ccccc4c4ccc5c6ccccc6n(-c6ccccc6)c5c43)n2)cc1. The third-order valence-electron chi connectivity index (χ3n) is 9.98. The van der Waals surface area contributed by atoms with Crippen molar-refractivity contribution in [2.75, 3.05) is 0 Å². The van der Waals surface area contributed by atoms with E-state index in [0.717, 1.165) is 49.7 Å². The van der Waals surface area contributed by atoms with Gasteiger partial charge in [0, 0.05) is 38.4 Å². The molecule has 0 atom stereocenters. The Kier molecular flexibility index (Phi) is 7.09. The lowest BCUT2D eigenvalue weighted by atomic mass is 10.0. The van der Waals surface area contributed by atoms with Crippen LogP contribution in [0.1, 0.15) is 50.7 Å². The molecular formula is C45H37N5. The van der Waals surface area contributed by atoms with Gasteiger partial charge in [-0.3, -0.25) is 4.57 Å². The van der Waals surface area contributed by atoms with Gasteiger partial charge in [-0.2, -0.15) is 9.97 Å². The molecule has 0 N–H and O–H groups in total. The highest BCUT2D eigenvalue weighted by Gasteiger charge is 2.23. The monoisotopic (exact) mass is 647 g/mol. The van der Waals surface area contributed by atoms with Crippen LogP contribution in [0.2, 0.25) is 0 Å². The summed E-state index contributed by atoms with van der Waals surface area (Å²) < 4.78 is 4.64. The largest absolute Gasteiger partial charge is 0.307 e. The Balaban J connectivity index is 1.40. The molecule has 5 heteroatoms. The molecule has 0 saturated heterocycles. The summed E-state index contributed by atoms with van der Waals surface area (Å²) in [5.41, 5.74) is 9.99. The summed E-state index contributed by atoms with van der Waals surface area (Å²) in [5, 5.41) is 4.70. The van der Waals surface area contributed by atoms with Crippen LogP contribution in [0.5, 0.6) is 0 Å². The highest BCUT2D eigenvalue weighted by molar-refractivity contribution is 6.23. The van der Waals surface area contributed by atoms with Crippen LogP contribution in [0.15, 0.2) is 140 Å². The Morgan fingerprint density at radius 2 is 0.840 bits per heavy atom. The minimum atomic E-state index is 0.435. The Hall–Kier alpha value is -6.07. The number of nitrogens with zero attached hydrogens (tertiary/aromatic N) is 5. The molecule has 50 heavy (non-hydrogen) atoms. The zero-order valence-corrected chi connectivity index (χ0v) is 28.7. The van der Waals surface area contributed by atoms with Crippen LogP contribution < -0.4 is 0 Å². The first-order valence-corrected chi connectivity index (χ1v) is 17.4. The smallest absolute Gasteiger partial charge is 0.238 e. The van der Waals surface area contributed by atoms with Crippen LogP contribution >= 0.6 is 0 Å². The Labute approximate surface area is 291 Å². The van der Waals surface area contributed by atoms with E-state index in [1.54, 1.807) is 0 Å². The molecule has 0 aliphatic rings. The normalized spacial score (nSPS) is 12.0. The second-order valence-electron chi connectivity index (χ2n) is 13.7. The lowest BCUT2D eigenvalue weighted by Crippen LogP contribution is -2.07. The van der Waals surface area contributed by atoms with Crippen LogP contribution in [0.4, 0.5) is 0 Å². The molecule has 0 fully saturated rings. The van der Waals surface area contributed by atoms with Gasteiger partial charge in [0.25, 0.3) is 0 Å². The van der Waals surface area contributed by atoms with E-state index in [1.807, 2.05) is 0 Å². The van der Waals surface area contributed by atoms with Crippen molar-refractivity contribution < 1.29 is 0 Å². The van der Waals surface area contributed by atoms with Crippen LogP contribution in [0, 0.1) is 0 Å². The van der Waals surface area contributed by atoms with Crippen molar-refractivity contribution in [3.8, 4) is 34.4 Å². The van der Waals surface area contributed by atoms with E-state index in [2.05, 4.69) is 176 Å². The molecule has 0 saturated carbocycles. The average molecular weight is 648 g/mol.